The van der Waals surface area contributed by atoms with Gasteiger partial charge in [0.2, 0.25) is 0 Å². The quantitative estimate of drug-likeness (QED) is 0.782. The van der Waals surface area contributed by atoms with Gasteiger partial charge in [0.1, 0.15) is 0 Å². The first-order valence-corrected chi connectivity index (χ1v) is 7.70. The lowest BCUT2D eigenvalue weighted by Crippen LogP contribution is -2.56. The molecule has 21 heavy (non-hydrogen) atoms. The average Bonchev–Trinajstić information content (AvgIpc) is 2.47. The van der Waals surface area contributed by atoms with E-state index in [1.807, 2.05) is 6.92 Å². The normalized spacial score (nSPS) is 17.3. The molecule has 0 radical (unpaired) electrons. The number of methoxy groups -OCH3 is 1. The Bertz CT molecular complexity index is 354. The molecule has 1 fully saturated rings. The molecule has 2 amide bonds. The van der Waals surface area contributed by atoms with Gasteiger partial charge in [-0.05, 0) is 19.8 Å². The zero-order valence-electron chi connectivity index (χ0n) is 13.4. The second kappa shape index (κ2) is 8.22. The van der Waals surface area contributed by atoms with Gasteiger partial charge in [-0.25, -0.2) is 4.79 Å². The van der Waals surface area contributed by atoms with Crippen molar-refractivity contribution in [3.8, 4) is 0 Å². The Morgan fingerprint density at radius 2 is 1.86 bits per heavy atom. The van der Waals surface area contributed by atoms with Crippen molar-refractivity contribution in [1.82, 2.24) is 9.80 Å². The van der Waals surface area contributed by atoms with Gasteiger partial charge in [0.25, 0.3) is 0 Å². The molecule has 0 aromatic carbocycles. The Hall–Kier alpha value is -1.30. The molecule has 1 aliphatic rings. The number of ether oxygens (including phenoxy) is 1. The number of likely N-dealkylation sites (N-methyl/N-ethyl adjacent to an activating group) is 1. The van der Waals surface area contributed by atoms with Crippen LogP contribution in [0.15, 0.2) is 0 Å². The molecule has 0 spiro atoms. The van der Waals surface area contributed by atoms with E-state index >= 15 is 0 Å². The minimum absolute atomic E-state index is 0.0249. The number of carboxylic acids is 1. The van der Waals surface area contributed by atoms with Gasteiger partial charge in [-0.3, -0.25) is 4.79 Å². The maximum absolute atomic E-state index is 12.7. The predicted octanol–water partition coefficient (Wildman–Crippen LogP) is 2.18. The van der Waals surface area contributed by atoms with E-state index in [1.54, 1.807) is 24.0 Å². The minimum Gasteiger partial charge on any atom is -0.481 e. The van der Waals surface area contributed by atoms with Gasteiger partial charge in [-0.2, -0.15) is 0 Å². The third-order valence-corrected chi connectivity index (χ3v) is 4.48. The van der Waals surface area contributed by atoms with Crippen LogP contribution in [-0.4, -0.2) is 66.3 Å². The average molecular weight is 300 g/mol. The van der Waals surface area contributed by atoms with Crippen LogP contribution in [-0.2, 0) is 9.53 Å². The first kappa shape index (κ1) is 17.8. The Morgan fingerprint density at radius 1 is 1.24 bits per heavy atom. The summed E-state index contributed by atoms with van der Waals surface area (Å²) in [4.78, 5) is 27.3. The van der Waals surface area contributed by atoms with Gasteiger partial charge >= 0.3 is 12.0 Å². The molecule has 0 saturated heterocycles. The van der Waals surface area contributed by atoms with Crippen LogP contribution in [0.3, 0.4) is 0 Å². The molecule has 0 heterocycles. The Morgan fingerprint density at radius 3 is 2.33 bits per heavy atom. The lowest BCUT2D eigenvalue weighted by Gasteiger charge is -2.45. The highest BCUT2D eigenvalue weighted by Gasteiger charge is 2.41. The molecule has 122 valence electrons. The highest BCUT2D eigenvalue weighted by Crippen LogP contribution is 2.36. The van der Waals surface area contributed by atoms with Crippen molar-refractivity contribution in [2.75, 3.05) is 33.9 Å². The summed E-state index contributed by atoms with van der Waals surface area (Å²) < 4.78 is 5.03. The van der Waals surface area contributed by atoms with Crippen LogP contribution in [0.4, 0.5) is 4.79 Å². The largest absolute Gasteiger partial charge is 0.481 e. The van der Waals surface area contributed by atoms with E-state index in [1.165, 1.54) is 0 Å². The van der Waals surface area contributed by atoms with Crippen molar-refractivity contribution in [3.05, 3.63) is 0 Å². The SMILES string of the molecule is CCN(CCOC)C(=O)N(C)C1(CC(=O)O)CCCCC1. The number of hydrogen-bond donors (Lipinski definition) is 1. The number of urea groups is 1. The maximum atomic E-state index is 12.7. The molecule has 1 rings (SSSR count). The standard InChI is InChI=1S/C15H28N2O4/c1-4-17(10-11-21-3)14(20)16(2)15(12-13(18)19)8-6-5-7-9-15/h4-12H2,1-3H3,(H,18,19). The van der Waals surface area contributed by atoms with Gasteiger partial charge in [-0.15, -0.1) is 0 Å². The van der Waals surface area contributed by atoms with Crippen LogP contribution < -0.4 is 0 Å². The molecule has 0 unspecified atom stereocenters. The number of carbonyl (C=O) groups excluding carboxylic acids is 1. The number of amides is 2. The van der Waals surface area contributed by atoms with E-state index in [0.717, 1.165) is 32.1 Å². The summed E-state index contributed by atoms with van der Waals surface area (Å²) in [6, 6.07) is -0.0994. The molecular formula is C15H28N2O4. The molecule has 0 aromatic rings. The highest BCUT2D eigenvalue weighted by atomic mass is 16.5. The number of carboxylic acid groups (broad SMARTS) is 1. The van der Waals surface area contributed by atoms with Gasteiger partial charge < -0.3 is 19.6 Å². The summed E-state index contributed by atoms with van der Waals surface area (Å²) in [5.74, 6) is -0.837. The lowest BCUT2D eigenvalue weighted by atomic mass is 9.78. The number of nitrogens with zero attached hydrogens (tertiary/aromatic N) is 2. The number of carbonyl (C=O) groups is 2. The van der Waals surface area contributed by atoms with Crippen LogP contribution in [0, 0.1) is 0 Å². The van der Waals surface area contributed by atoms with Crippen molar-refractivity contribution in [1.29, 1.82) is 0 Å². The van der Waals surface area contributed by atoms with E-state index in [-0.39, 0.29) is 12.5 Å². The van der Waals surface area contributed by atoms with Gasteiger partial charge in [0.05, 0.1) is 18.6 Å². The van der Waals surface area contributed by atoms with Crippen molar-refractivity contribution < 1.29 is 19.4 Å². The fourth-order valence-electron chi connectivity index (χ4n) is 3.13. The molecule has 1 N–H and O–H groups in total. The Balaban J connectivity index is 2.85. The second-order valence-electron chi connectivity index (χ2n) is 5.77. The lowest BCUT2D eigenvalue weighted by molar-refractivity contribution is -0.140. The molecule has 0 aromatic heterocycles. The third-order valence-electron chi connectivity index (χ3n) is 4.48. The predicted molar refractivity (Wildman–Crippen MR) is 80.4 cm³/mol. The summed E-state index contributed by atoms with van der Waals surface area (Å²) in [7, 11) is 3.35. The van der Waals surface area contributed by atoms with Crippen molar-refractivity contribution in [2.24, 2.45) is 0 Å². The first-order valence-electron chi connectivity index (χ1n) is 7.70. The van der Waals surface area contributed by atoms with Crippen molar-refractivity contribution in [3.63, 3.8) is 0 Å². The van der Waals surface area contributed by atoms with Crippen molar-refractivity contribution >= 4 is 12.0 Å². The van der Waals surface area contributed by atoms with Crippen LogP contribution >= 0.6 is 0 Å². The molecule has 1 saturated carbocycles. The van der Waals surface area contributed by atoms with Crippen LogP contribution in [0.5, 0.6) is 0 Å². The molecular weight excluding hydrogens is 272 g/mol. The van der Waals surface area contributed by atoms with Gasteiger partial charge in [0.15, 0.2) is 0 Å². The summed E-state index contributed by atoms with van der Waals surface area (Å²) in [5, 5.41) is 9.23. The Labute approximate surface area is 127 Å². The van der Waals surface area contributed by atoms with Crippen molar-refractivity contribution in [2.45, 2.75) is 51.0 Å². The number of rotatable bonds is 7. The molecule has 6 nitrogen and oxygen atoms in total. The fourth-order valence-corrected chi connectivity index (χ4v) is 3.13. The zero-order valence-corrected chi connectivity index (χ0v) is 13.4. The minimum atomic E-state index is -0.837. The smallest absolute Gasteiger partial charge is 0.320 e. The third kappa shape index (κ3) is 4.59. The van der Waals surface area contributed by atoms with Gasteiger partial charge in [0, 0.05) is 27.2 Å². The Kier molecular flexibility index (Phi) is 6.95. The first-order chi connectivity index (χ1) is 9.96. The van der Waals surface area contributed by atoms with E-state index in [0.29, 0.717) is 19.7 Å². The number of aliphatic carboxylic acids is 1. The fraction of sp³-hybridized carbons (Fsp3) is 0.867. The molecule has 6 heteroatoms. The summed E-state index contributed by atoms with van der Waals surface area (Å²) in [6.07, 6.45) is 4.64. The molecule has 0 atom stereocenters. The second-order valence-corrected chi connectivity index (χ2v) is 5.77. The van der Waals surface area contributed by atoms with E-state index in [9.17, 15) is 14.7 Å². The monoisotopic (exact) mass is 300 g/mol. The topological polar surface area (TPSA) is 70.1 Å². The number of hydrogen-bond acceptors (Lipinski definition) is 3. The zero-order chi connectivity index (χ0) is 15.9. The van der Waals surface area contributed by atoms with E-state index < -0.39 is 11.5 Å². The summed E-state index contributed by atoms with van der Waals surface area (Å²) in [5.41, 5.74) is -0.540. The van der Waals surface area contributed by atoms with Gasteiger partial charge in [-0.1, -0.05) is 19.3 Å². The highest BCUT2D eigenvalue weighted by molar-refractivity contribution is 5.77. The molecule has 0 bridgehead atoms. The summed E-state index contributed by atoms with van der Waals surface area (Å²) in [6.45, 7) is 3.53. The van der Waals surface area contributed by atoms with E-state index in [2.05, 4.69) is 0 Å². The summed E-state index contributed by atoms with van der Waals surface area (Å²) >= 11 is 0. The van der Waals surface area contributed by atoms with E-state index in [4.69, 9.17) is 4.74 Å². The van der Waals surface area contributed by atoms with Crippen LogP contribution in [0.1, 0.15) is 45.4 Å². The molecule has 0 aliphatic heterocycles. The van der Waals surface area contributed by atoms with Crippen LogP contribution in [0.25, 0.3) is 0 Å². The maximum Gasteiger partial charge on any atom is 0.320 e. The molecule has 1 aliphatic carbocycles. The van der Waals surface area contributed by atoms with Crippen LogP contribution in [0.2, 0.25) is 0 Å².